The molecule has 1 aromatic rings. The Bertz CT molecular complexity index is 229. The van der Waals surface area contributed by atoms with Gasteiger partial charge in [0.2, 0.25) is 0 Å². The first kappa shape index (κ1) is 9.04. The summed E-state index contributed by atoms with van der Waals surface area (Å²) in [5.74, 6) is -1.06. The summed E-state index contributed by atoms with van der Waals surface area (Å²) in [5.41, 5.74) is 5.56. The van der Waals surface area contributed by atoms with E-state index in [-0.39, 0.29) is 12.4 Å². The first-order chi connectivity index (χ1) is 4.20. The zero-order chi connectivity index (χ0) is 6.85. The predicted molar refractivity (Wildman–Crippen MR) is 39.7 cm³/mol. The van der Waals surface area contributed by atoms with E-state index in [1.54, 1.807) is 0 Å². The monoisotopic (exact) mass is 163 g/mol. The molecular weight excluding hydrogens is 157 g/mol. The standard InChI is InChI=1S/C6H6FNO.ClH/c7-5-2-1-4(8)3-6(5)9;/h1-3,9H,8H2;1H. The molecule has 0 amide bonds. The molecule has 0 saturated heterocycles. The highest BCUT2D eigenvalue weighted by molar-refractivity contribution is 5.85. The third kappa shape index (κ3) is 1.77. The highest BCUT2D eigenvalue weighted by atomic mass is 35.5. The molecule has 0 fully saturated rings. The minimum absolute atomic E-state index is 0. The molecule has 0 aliphatic heterocycles. The Labute approximate surface area is 63.9 Å². The maximum atomic E-state index is 12.2. The molecule has 4 heteroatoms. The second-order valence-electron chi connectivity index (χ2n) is 1.71. The van der Waals surface area contributed by atoms with E-state index < -0.39 is 11.6 Å². The Morgan fingerprint density at radius 2 is 2.00 bits per heavy atom. The van der Waals surface area contributed by atoms with Crippen LogP contribution in [0.15, 0.2) is 18.2 Å². The van der Waals surface area contributed by atoms with Gasteiger partial charge in [0.25, 0.3) is 0 Å². The van der Waals surface area contributed by atoms with Gasteiger partial charge in [-0.2, -0.15) is 0 Å². The van der Waals surface area contributed by atoms with Crippen LogP contribution < -0.4 is 5.73 Å². The number of hydrogen-bond acceptors (Lipinski definition) is 2. The molecule has 0 bridgehead atoms. The SMILES string of the molecule is Cl.Nc1ccc(F)c(O)c1. The van der Waals surface area contributed by atoms with Gasteiger partial charge in [0.1, 0.15) is 0 Å². The van der Waals surface area contributed by atoms with E-state index in [1.165, 1.54) is 6.07 Å². The van der Waals surface area contributed by atoms with Crippen molar-refractivity contribution in [3.8, 4) is 5.75 Å². The molecule has 1 rings (SSSR count). The quantitative estimate of drug-likeness (QED) is 0.570. The van der Waals surface area contributed by atoms with Crippen molar-refractivity contribution in [1.29, 1.82) is 0 Å². The first-order valence-corrected chi connectivity index (χ1v) is 2.44. The van der Waals surface area contributed by atoms with Gasteiger partial charge in [-0.15, -0.1) is 12.4 Å². The molecule has 3 N–H and O–H groups in total. The van der Waals surface area contributed by atoms with Crippen LogP contribution in [-0.2, 0) is 0 Å². The number of rotatable bonds is 0. The van der Waals surface area contributed by atoms with Crippen molar-refractivity contribution < 1.29 is 9.50 Å². The third-order valence-corrected chi connectivity index (χ3v) is 0.970. The number of nitrogen functional groups attached to an aromatic ring is 1. The van der Waals surface area contributed by atoms with Gasteiger partial charge < -0.3 is 10.8 Å². The van der Waals surface area contributed by atoms with Crippen LogP contribution in [-0.4, -0.2) is 5.11 Å². The fourth-order valence-electron chi connectivity index (χ4n) is 0.530. The topological polar surface area (TPSA) is 46.2 Å². The molecule has 0 aliphatic carbocycles. The summed E-state index contributed by atoms with van der Waals surface area (Å²) in [7, 11) is 0. The summed E-state index contributed by atoms with van der Waals surface area (Å²) in [4.78, 5) is 0. The van der Waals surface area contributed by atoms with E-state index in [2.05, 4.69) is 0 Å². The van der Waals surface area contributed by atoms with Crippen molar-refractivity contribution in [2.24, 2.45) is 0 Å². The van der Waals surface area contributed by atoms with E-state index in [0.717, 1.165) is 12.1 Å². The molecule has 56 valence electrons. The molecule has 1 aromatic carbocycles. The lowest BCUT2D eigenvalue weighted by Crippen LogP contribution is -1.84. The number of hydrogen-bond donors (Lipinski definition) is 2. The van der Waals surface area contributed by atoms with E-state index in [0.29, 0.717) is 5.69 Å². The fourth-order valence-corrected chi connectivity index (χ4v) is 0.530. The fraction of sp³-hybridized carbons (Fsp3) is 0. The maximum Gasteiger partial charge on any atom is 0.164 e. The second kappa shape index (κ2) is 3.27. The van der Waals surface area contributed by atoms with Crippen molar-refractivity contribution in [1.82, 2.24) is 0 Å². The summed E-state index contributed by atoms with van der Waals surface area (Å²) in [6, 6.07) is 3.66. The van der Waals surface area contributed by atoms with Crippen molar-refractivity contribution in [2.75, 3.05) is 5.73 Å². The minimum Gasteiger partial charge on any atom is -0.505 e. The van der Waals surface area contributed by atoms with Gasteiger partial charge in [0, 0.05) is 11.8 Å². The van der Waals surface area contributed by atoms with E-state index in [4.69, 9.17) is 10.8 Å². The van der Waals surface area contributed by atoms with Crippen LogP contribution in [0.5, 0.6) is 5.75 Å². The number of halogens is 2. The van der Waals surface area contributed by atoms with Crippen LogP contribution in [0.2, 0.25) is 0 Å². The summed E-state index contributed by atoms with van der Waals surface area (Å²) in [6.45, 7) is 0. The highest BCUT2D eigenvalue weighted by Gasteiger charge is 1.96. The third-order valence-electron chi connectivity index (χ3n) is 0.970. The molecule has 2 nitrogen and oxygen atoms in total. The average Bonchev–Trinajstić information content (AvgIpc) is 1.80. The van der Waals surface area contributed by atoms with Gasteiger partial charge >= 0.3 is 0 Å². The Kier molecular flexibility index (Phi) is 2.96. The molecule has 0 unspecified atom stereocenters. The zero-order valence-corrected chi connectivity index (χ0v) is 5.86. The number of phenolic OH excluding ortho intramolecular Hbond substituents is 1. The molecule has 0 spiro atoms. The predicted octanol–water partition coefficient (Wildman–Crippen LogP) is 1.54. The van der Waals surface area contributed by atoms with Gasteiger partial charge in [0.15, 0.2) is 11.6 Å². The van der Waals surface area contributed by atoms with Gasteiger partial charge in [-0.3, -0.25) is 0 Å². The average molecular weight is 164 g/mol. The summed E-state index contributed by atoms with van der Waals surface area (Å²) < 4.78 is 12.2. The summed E-state index contributed by atoms with van der Waals surface area (Å²) in [6.07, 6.45) is 0. The first-order valence-electron chi connectivity index (χ1n) is 2.44. The van der Waals surface area contributed by atoms with Crippen LogP contribution in [0, 0.1) is 5.82 Å². The van der Waals surface area contributed by atoms with Crippen LogP contribution in [0.4, 0.5) is 10.1 Å². The number of benzene rings is 1. The number of aromatic hydroxyl groups is 1. The molecule has 0 atom stereocenters. The normalized spacial score (nSPS) is 8.50. The Balaban J connectivity index is 0.000000810. The van der Waals surface area contributed by atoms with Crippen LogP contribution >= 0.6 is 12.4 Å². The second-order valence-corrected chi connectivity index (χ2v) is 1.71. The Morgan fingerprint density at radius 3 is 2.40 bits per heavy atom. The van der Waals surface area contributed by atoms with Gasteiger partial charge in [-0.25, -0.2) is 4.39 Å². The van der Waals surface area contributed by atoms with E-state index in [9.17, 15) is 4.39 Å². The Morgan fingerprint density at radius 1 is 1.40 bits per heavy atom. The van der Waals surface area contributed by atoms with Gasteiger partial charge in [0.05, 0.1) is 0 Å². The van der Waals surface area contributed by atoms with E-state index in [1.807, 2.05) is 0 Å². The van der Waals surface area contributed by atoms with Crippen LogP contribution in [0.25, 0.3) is 0 Å². The summed E-state index contributed by atoms with van der Waals surface area (Å²) in [5, 5.41) is 8.65. The van der Waals surface area contributed by atoms with Crippen molar-refractivity contribution >= 4 is 18.1 Å². The smallest absolute Gasteiger partial charge is 0.164 e. The zero-order valence-electron chi connectivity index (χ0n) is 5.04. The molecular formula is C6H7ClFNO. The lowest BCUT2D eigenvalue weighted by Gasteiger charge is -1.94. The van der Waals surface area contributed by atoms with Crippen LogP contribution in [0.1, 0.15) is 0 Å². The minimum atomic E-state index is -0.649. The highest BCUT2D eigenvalue weighted by Crippen LogP contribution is 2.17. The van der Waals surface area contributed by atoms with E-state index >= 15 is 0 Å². The van der Waals surface area contributed by atoms with Crippen molar-refractivity contribution in [2.45, 2.75) is 0 Å². The molecule has 0 aliphatic rings. The lowest BCUT2D eigenvalue weighted by atomic mass is 10.3. The maximum absolute atomic E-state index is 12.2. The van der Waals surface area contributed by atoms with Crippen molar-refractivity contribution in [3.05, 3.63) is 24.0 Å². The molecule has 10 heavy (non-hydrogen) atoms. The number of phenols is 1. The molecule has 0 radical (unpaired) electrons. The molecule has 0 aromatic heterocycles. The van der Waals surface area contributed by atoms with Crippen molar-refractivity contribution in [3.63, 3.8) is 0 Å². The molecule has 0 heterocycles. The van der Waals surface area contributed by atoms with Gasteiger partial charge in [-0.05, 0) is 12.1 Å². The summed E-state index contributed by atoms with van der Waals surface area (Å²) >= 11 is 0. The Hall–Kier alpha value is -0.960. The lowest BCUT2D eigenvalue weighted by molar-refractivity contribution is 0.433. The van der Waals surface area contributed by atoms with Gasteiger partial charge in [-0.1, -0.05) is 0 Å². The number of nitrogens with two attached hydrogens (primary N) is 1. The largest absolute Gasteiger partial charge is 0.505 e. The molecule has 0 saturated carbocycles. The number of anilines is 1. The van der Waals surface area contributed by atoms with Crippen LogP contribution in [0.3, 0.4) is 0 Å².